The Kier molecular flexibility index (Phi) is 428. The van der Waals surface area contributed by atoms with Crippen molar-refractivity contribution in [1.82, 2.24) is 12.3 Å². The summed E-state index contributed by atoms with van der Waals surface area (Å²) in [6, 6.07) is 0. The van der Waals surface area contributed by atoms with Gasteiger partial charge in [0, 0.05) is 0 Å². The fourth-order valence-electron chi connectivity index (χ4n) is 0. The van der Waals surface area contributed by atoms with Gasteiger partial charge in [-0.25, -0.2) is 0 Å². The molecule has 0 unspecified atom stereocenters. The molecular formula is H20N2NaO10P. The van der Waals surface area contributed by atoms with E-state index in [4.69, 9.17) is 19.2 Å². The minimum absolute atomic E-state index is 0. The summed E-state index contributed by atoms with van der Waals surface area (Å²) in [6.45, 7) is 0. The van der Waals surface area contributed by atoms with Crippen LogP contribution in [0.4, 0.5) is 0 Å². The zero-order chi connectivity index (χ0) is 4.50. The van der Waals surface area contributed by atoms with Crippen LogP contribution in [0.15, 0.2) is 0 Å². The van der Waals surface area contributed by atoms with Crippen molar-refractivity contribution in [3.63, 3.8) is 0 Å². The average molecular weight is 262 g/mol. The average Bonchev–Trinajstić information content (AvgIpc) is 0.722. The van der Waals surface area contributed by atoms with Crippen LogP contribution in [0, 0.1) is 0 Å². The zero-order valence-corrected chi connectivity index (χ0v) is 11.0. The second-order valence-corrected chi connectivity index (χ2v) is 1.34. The van der Waals surface area contributed by atoms with E-state index in [1.165, 1.54) is 0 Å². The van der Waals surface area contributed by atoms with Crippen LogP contribution < -0.4 is 56.5 Å². The molecule has 0 aromatic carbocycles. The van der Waals surface area contributed by atoms with Gasteiger partial charge < -0.3 is 64.4 Å². The van der Waals surface area contributed by atoms with Crippen LogP contribution in [0.1, 0.15) is 0 Å². The predicted octanol–water partition coefficient (Wildman–Crippen LogP) is -10.0. The van der Waals surface area contributed by atoms with Crippen LogP contribution in [0.3, 0.4) is 0 Å². The summed E-state index contributed by atoms with van der Waals surface area (Å²) < 4.78 is 8.55. The fraction of sp³-hybridized carbons (Fsp3) is 0. The molecule has 0 aromatic rings. The summed E-state index contributed by atoms with van der Waals surface area (Å²) in [4.78, 5) is 25.6. The molecule has 0 bridgehead atoms. The van der Waals surface area contributed by atoms with Gasteiger partial charge in [0.2, 0.25) is 0 Å². The molecule has 0 rings (SSSR count). The Balaban J connectivity index is -0.00000000222. The summed E-state index contributed by atoms with van der Waals surface area (Å²) in [6.07, 6.45) is 0. The van der Waals surface area contributed by atoms with Gasteiger partial charge in [0.25, 0.3) is 0 Å². The summed E-state index contributed by atoms with van der Waals surface area (Å²) in [7, 11) is -5.39. The van der Waals surface area contributed by atoms with Gasteiger partial charge in [-0.1, -0.05) is 0 Å². The zero-order valence-electron chi connectivity index (χ0n) is 8.08. The van der Waals surface area contributed by atoms with E-state index in [0.717, 1.165) is 0 Å². The molecule has 0 saturated heterocycles. The molecule has 0 saturated carbocycles. The van der Waals surface area contributed by atoms with Crippen molar-refractivity contribution in [2.75, 3.05) is 0 Å². The molecule has 0 aliphatic rings. The maximum Gasteiger partial charge on any atom is 1.00 e. The Hall–Kier alpha value is 0.790. The molecule has 0 heterocycles. The third-order valence-electron chi connectivity index (χ3n) is 0. The first-order chi connectivity index (χ1) is 2.00. The molecule has 0 atom stereocenters. The first-order valence-corrected chi connectivity index (χ1v) is 2.19. The second kappa shape index (κ2) is 48.9. The van der Waals surface area contributed by atoms with Gasteiger partial charge in [-0.05, 0) is 0 Å². The molecule has 0 fully saturated rings. The second-order valence-electron chi connectivity index (χ2n) is 0.447. The molecule has 12 nitrogen and oxygen atoms in total. The molecule has 0 spiro atoms. The van der Waals surface area contributed by atoms with E-state index >= 15 is 0 Å². The molecule has 0 aliphatic heterocycles. The fourth-order valence-corrected chi connectivity index (χ4v) is 0. The number of hydrogen-bond acceptors (Lipinski definition) is 4. The SMILES string of the molecule is O.O.O.O.O.O.O=P([O-])([O-])[O-].[NH4+].[NH4+].[Na+]. The minimum Gasteiger partial charge on any atom is -0.822 e. The molecule has 96 valence electrons. The van der Waals surface area contributed by atoms with Crippen LogP contribution in [0.5, 0.6) is 0 Å². The third kappa shape index (κ3) is 2850. The van der Waals surface area contributed by atoms with Gasteiger partial charge in [0.05, 0.1) is 0 Å². The number of hydrogen-bond donors (Lipinski definition) is 2. The van der Waals surface area contributed by atoms with E-state index in [1.807, 2.05) is 0 Å². The van der Waals surface area contributed by atoms with Crippen molar-refractivity contribution in [3.05, 3.63) is 0 Å². The standard InChI is InChI=1S/2H3N.Na.H3O4P.6H2O/c;;;1-5(2,3)4;;;;;;/h2*1H3;;(H3,1,2,3,4);6*1H2/q;;+1;;;;;;;/p-1. The quantitative estimate of drug-likeness (QED) is 0.316. The normalized spacial score (nSPS) is 4.21. The van der Waals surface area contributed by atoms with Crippen LogP contribution in [-0.4, -0.2) is 32.9 Å². The molecule has 0 aromatic heterocycles. The molecule has 0 radical (unpaired) electrons. The predicted molar refractivity (Wildman–Crippen MR) is 41.3 cm³/mol. The summed E-state index contributed by atoms with van der Waals surface area (Å²) in [5, 5.41) is 0. The van der Waals surface area contributed by atoms with E-state index in [0.29, 0.717) is 0 Å². The van der Waals surface area contributed by atoms with E-state index in [2.05, 4.69) is 0 Å². The van der Waals surface area contributed by atoms with Crippen molar-refractivity contribution in [3.8, 4) is 0 Å². The third-order valence-corrected chi connectivity index (χ3v) is 0. The first kappa shape index (κ1) is 123. The van der Waals surface area contributed by atoms with Crippen molar-refractivity contribution >= 4 is 7.82 Å². The minimum atomic E-state index is -5.39. The summed E-state index contributed by atoms with van der Waals surface area (Å²) >= 11 is 0. The van der Waals surface area contributed by atoms with Gasteiger partial charge in [-0.15, -0.1) is 0 Å². The smallest absolute Gasteiger partial charge is 0.822 e. The Labute approximate surface area is 102 Å². The summed E-state index contributed by atoms with van der Waals surface area (Å²) in [5.41, 5.74) is 0. The van der Waals surface area contributed by atoms with Crippen LogP contribution in [0.2, 0.25) is 0 Å². The Morgan fingerprint density at radius 1 is 0.643 bits per heavy atom. The molecular weight excluding hydrogens is 242 g/mol. The van der Waals surface area contributed by atoms with Gasteiger partial charge in [0.15, 0.2) is 0 Å². The molecule has 0 aliphatic carbocycles. The molecule has 0 amide bonds. The number of quaternary nitrogens is 2. The first-order valence-electron chi connectivity index (χ1n) is 0.730. The van der Waals surface area contributed by atoms with E-state index in [1.54, 1.807) is 0 Å². The van der Waals surface area contributed by atoms with E-state index in [-0.39, 0.29) is 74.7 Å². The van der Waals surface area contributed by atoms with Crippen LogP contribution in [-0.2, 0) is 4.57 Å². The van der Waals surface area contributed by atoms with Crippen molar-refractivity contribution in [2.24, 2.45) is 0 Å². The van der Waals surface area contributed by atoms with Crippen molar-refractivity contribution in [2.45, 2.75) is 0 Å². The van der Waals surface area contributed by atoms with Crippen molar-refractivity contribution in [1.29, 1.82) is 0 Å². The van der Waals surface area contributed by atoms with E-state index in [9.17, 15) is 0 Å². The topological polar surface area (TPSA) is 348 Å². The Morgan fingerprint density at radius 2 is 0.643 bits per heavy atom. The maximum atomic E-state index is 8.55. The van der Waals surface area contributed by atoms with Crippen molar-refractivity contribution < 1.29 is 81.7 Å². The number of rotatable bonds is 0. The van der Waals surface area contributed by atoms with E-state index < -0.39 is 7.82 Å². The molecule has 14 heavy (non-hydrogen) atoms. The van der Waals surface area contributed by atoms with Gasteiger partial charge in [0.1, 0.15) is 0 Å². The molecule has 20 N–H and O–H groups in total. The Bertz CT molecular complexity index is 64.3. The largest absolute Gasteiger partial charge is 1.00 e. The Morgan fingerprint density at radius 3 is 0.643 bits per heavy atom. The number of phosphoric acid groups is 1. The van der Waals surface area contributed by atoms with Gasteiger partial charge in [-0.2, -0.15) is 7.82 Å². The van der Waals surface area contributed by atoms with Gasteiger partial charge in [-0.3, -0.25) is 0 Å². The summed E-state index contributed by atoms with van der Waals surface area (Å²) in [5.74, 6) is 0. The monoisotopic (exact) mass is 262 g/mol. The van der Waals surface area contributed by atoms with Gasteiger partial charge >= 0.3 is 29.6 Å². The van der Waals surface area contributed by atoms with Crippen LogP contribution in [0.25, 0.3) is 0 Å². The molecule has 14 heteroatoms. The van der Waals surface area contributed by atoms with Crippen LogP contribution >= 0.6 is 7.82 Å². The maximum absolute atomic E-state index is 8.55.